The summed E-state index contributed by atoms with van der Waals surface area (Å²) >= 11 is 0. The van der Waals surface area contributed by atoms with E-state index in [2.05, 4.69) is 33.0 Å². The number of rotatable bonds is 6. The normalized spacial score (nSPS) is 11.8. The molecule has 1 aromatic rings. The van der Waals surface area contributed by atoms with E-state index in [1.165, 1.54) is 11.6 Å². The van der Waals surface area contributed by atoms with Crippen LogP contribution in [0.1, 0.15) is 33.3 Å². The second kappa shape index (κ2) is 6.88. The zero-order chi connectivity index (χ0) is 15.4. The van der Waals surface area contributed by atoms with Gasteiger partial charge in [0.25, 0.3) is 5.56 Å². The predicted octanol–water partition coefficient (Wildman–Crippen LogP) is 1.10. The van der Waals surface area contributed by atoms with Crippen LogP contribution in [-0.4, -0.2) is 15.7 Å². The fourth-order valence-corrected chi connectivity index (χ4v) is 2.62. The van der Waals surface area contributed by atoms with E-state index < -0.39 is 0 Å². The average Bonchev–Trinajstić information content (AvgIpc) is 2.36. The van der Waals surface area contributed by atoms with Crippen molar-refractivity contribution in [3.8, 4) is 0 Å². The first-order valence-corrected chi connectivity index (χ1v) is 7.22. The van der Waals surface area contributed by atoms with E-state index >= 15 is 0 Å². The summed E-state index contributed by atoms with van der Waals surface area (Å²) in [5, 5.41) is 3.35. The van der Waals surface area contributed by atoms with Crippen LogP contribution in [-0.2, 0) is 20.6 Å². The molecule has 1 N–H and O–H groups in total. The minimum absolute atomic E-state index is 0.216. The Bertz CT molecular complexity index is 547. The van der Waals surface area contributed by atoms with Crippen LogP contribution in [0.5, 0.6) is 0 Å². The van der Waals surface area contributed by atoms with Gasteiger partial charge < -0.3 is 9.88 Å². The molecule has 0 saturated carbocycles. The Balaban J connectivity index is 2.77. The fraction of sp³-hybridized carbons (Fsp3) is 0.733. The molecule has 0 spiro atoms. The molecule has 0 atom stereocenters. The zero-order valence-electron chi connectivity index (χ0n) is 13.4. The molecule has 20 heavy (non-hydrogen) atoms. The second-order valence-electron chi connectivity index (χ2n) is 6.19. The molecule has 5 nitrogen and oxygen atoms in total. The van der Waals surface area contributed by atoms with Gasteiger partial charge in [-0.15, -0.1) is 0 Å². The molecule has 0 aliphatic heterocycles. The fourth-order valence-electron chi connectivity index (χ4n) is 2.62. The highest BCUT2D eigenvalue weighted by Gasteiger charge is 2.17. The van der Waals surface area contributed by atoms with E-state index in [0.29, 0.717) is 29.9 Å². The van der Waals surface area contributed by atoms with E-state index in [1.54, 1.807) is 13.2 Å². The van der Waals surface area contributed by atoms with E-state index in [1.807, 2.05) is 0 Å². The third kappa shape index (κ3) is 3.82. The van der Waals surface area contributed by atoms with Crippen molar-refractivity contribution in [2.24, 2.45) is 31.8 Å². The molecule has 0 bridgehead atoms. The Kier molecular flexibility index (Phi) is 5.74. The molecule has 0 aromatic carbocycles. The molecule has 0 fully saturated rings. The minimum atomic E-state index is -0.291. The number of nitrogens with one attached hydrogen (secondary N) is 1. The van der Waals surface area contributed by atoms with Crippen LogP contribution in [0.4, 0.5) is 0 Å². The van der Waals surface area contributed by atoms with E-state index in [-0.39, 0.29) is 11.2 Å². The molecule has 0 amide bonds. The van der Waals surface area contributed by atoms with Crippen molar-refractivity contribution in [3.63, 3.8) is 0 Å². The van der Waals surface area contributed by atoms with Gasteiger partial charge in [-0.1, -0.05) is 27.7 Å². The number of hydrogen-bond acceptors (Lipinski definition) is 3. The molecular formula is C15H27N3O2. The molecular weight excluding hydrogens is 254 g/mol. The van der Waals surface area contributed by atoms with Crippen LogP contribution in [0.25, 0.3) is 0 Å². The van der Waals surface area contributed by atoms with Crippen molar-refractivity contribution in [1.29, 1.82) is 0 Å². The molecule has 0 saturated heterocycles. The van der Waals surface area contributed by atoms with Crippen molar-refractivity contribution in [2.75, 3.05) is 6.54 Å². The molecule has 1 rings (SSSR count). The maximum atomic E-state index is 12.0. The number of nitrogens with zero attached hydrogens (tertiary/aromatic N) is 2. The van der Waals surface area contributed by atoms with Gasteiger partial charge in [-0.3, -0.25) is 9.36 Å². The number of hydrogen-bond donors (Lipinski definition) is 1. The first-order valence-electron chi connectivity index (χ1n) is 7.22. The summed E-state index contributed by atoms with van der Waals surface area (Å²) in [6.07, 6.45) is 1.62. The molecule has 1 heterocycles. The highest BCUT2D eigenvalue weighted by Crippen LogP contribution is 2.19. The quantitative estimate of drug-likeness (QED) is 0.849. The van der Waals surface area contributed by atoms with Crippen molar-refractivity contribution in [3.05, 3.63) is 32.6 Å². The van der Waals surface area contributed by atoms with E-state index in [0.717, 1.165) is 11.1 Å². The second-order valence-corrected chi connectivity index (χ2v) is 6.19. The molecule has 0 aliphatic carbocycles. The summed E-state index contributed by atoms with van der Waals surface area (Å²) in [6.45, 7) is 10.3. The van der Waals surface area contributed by atoms with E-state index in [9.17, 15) is 9.59 Å². The third-order valence-corrected chi connectivity index (χ3v) is 3.93. The highest BCUT2D eigenvalue weighted by atomic mass is 16.2. The van der Waals surface area contributed by atoms with Gasteiger partial charge in [-0.05, 0) is 24.3 Å². The SMILES string of the molecule is CC(C)C(CNCc1cn(C)c(=O)n(C)c1=O)C(C)C. The third-order valence-electron chi connectivity index (χ3n) is 3.93. The first kappa shape index (κ1) is 16.7. The predicted molar refractivity (Wildman–Crippen MR) is 81.8 cm³/mol. The first-order chi connectivity index (χ1) is 9.25. The lowest BCUT2D eigenvalue weighted by Crippen LogP contribution is -2.40. The lowest BCUT2D eigenvalue weighted by molar-refractivity contribution is 0.275. The summed E-state index contributed by atoms with van der Waals surface area (Å²) in [4.78, 5) is 23.6. The van der Waals surface area contributed by atoms with Gasteiger partial charge in [-0.2, -0.15) is 0 Å². The van der Waals surface area contributed by atoms with Crippen molar-refractivity contribution < 1.29 is 0 Å². The lowest BCUT2D eigenvalue weighted by atomic mass is 9.85. The monoisotopic (exact) mass is 281 g/mol. The van der Waals surface area contributed by atoms with Crippen molar-refractivity contribution in [1.82, 2.24) is 14.5 Å². The maximum Gasteiger partial charge on any atom is 0.330 e. The van der Waals surface area contributed by atoms with E-state index in [4.69, 9.17) is 0 Å². The number of aromatic nitrogens is 2. The summed E-state index contributed by atoms with van der Waals surface area (Å²) in [5.41, 5.74) is 0.119. The Hall–Kier alpha value is -1.36. The molecule has 5 heteroatoms. The smallest absolute Gasteiger partial charge is 0.312 e. The van der Waals surface area contributed by atoms with Gasteiger partial charge >= 0.3 is 5.69 Å². The highest BCUT2D eigenvalue weighted by molar-refractivity contribution is 5.05. The van der Waals surface area contributed by atoms with Crippen LogP contribution in [0.3, 0.4) is 0 Å². The van der Waals surface area contributed by atoms with Gasteiger partial charge in [0, 0.05) is 32.4 Å². The maximum absolute atomic E-state index is 12.0. The Morgan fingerprint density at radius 1 is 1.10 bits per heavy atom. The Morgan fingerprint density at radius 2 is 1.65 bits per heavy atom. The van der Waals surface area contributed by atoms with Crippen LogP contribution < -0.4 is 16.6 Å². The minimum Gasteiger partial charge on any atom is -0.312 e. The molecule has 1 aromatic heterocycles. The molecule has 0 unspecified atom stereocenters. The zero-order valence-corrected chi connectivity index (χ0v) is 13.4. The average molecular weight is 281 g/mol. The summed E-state index contributed by atoms with van der Waals surface area (Å²) < 4.78 is 2.60. The topological polar surface area (TPSA) is 56.0 Å². The van der Waals surface area contributed by atoms with Crippen LogP contribution >= 0.6 is 0 Å². The standard InChI is InChI=1S/C15H27N3O2/c1-10(2)13(11(3)4)8-16-7-12-9-17(5)15(20)18(6)14(12)19/h9-11,13,16H,7-8H2,1-6H3. The van der Waals surface area contributed by atoms with Gasteiger partial charge in [0.05, 0.1) is 0 Å². The van der Waals surface area contributed by atoms with Crippen molar-refractivity contribution >= 4 is 0 Å². The van der Waals surface area contributed by atoms with Gasteiger partial charge in [-0.25, -0.2) is 4.79 Å². The van der Waals surface area contributed by atoms with Crippen molar-refractivity contribution in [2.45, 2.75) is 34.2 Å². The summed E-state index contributed by atoms with van der Waals surface area (Å²) in [7, 11) is 3.18. The number of aryl methyl sites for hydroxylation is 1. The van der Waals surface area contributed by atoms with Gasteiger partial charge in [0.15, 0.2) is 0 Å². The molecule has 0 aliphatic rings. The van der Waals surface area contributed by atoms with Crippen LogP contribution in [0, 0.1) is 17.8 Å². The molecule has 0 radical (unpaired) electrons. The van der Waals surface area contributed by atoms with Crippen LogP contribution in [0.15, 0.2) is 15.8 Å². The van der Waals surface area contributed by atoms with Crippen LogP contribution in [0.2, 0.25) is 0 Å². The summed E-state index contributed by atoms with van der Waals surface area (Å²) in [5.74, 6) is 1.78. The Labute approximate surface area is 120 Å². The van der Waals surface area contributed by atoms with Gasteiger partial charge in [0.2, 0.25) is 0 Å². The van der Waals surface area contributed by atoms with Gasteiger partial charge in [0.1, 0.15) is 0 Å². The summed E-state index contributed by atoms with van der Waals surface area (Å²) in [6, 6.07) is 0. The lowest BCUT2D eigenvalue weighted by Gasteiger charge is -2.25. The largest absolute Gasteiger partial charge is 0.330 e. The molecule has 114 valence electrons. The Morgan fingerprint density at radius 3 is 2.15 bits per heavy atom.